The molecule has 116 valence electrons. The first-order valence-electron chi connectivity index (χ1n) is 8.35. The van der Waals surface area contributed by atoms with Crippen LogP contribution in [0.15, 0.2) is 0 Å². The molecule has 0 spiro atoms. The van der Waals surface area contributed by atoms with Crippen molar-refractivity contribution in [2.45, 2.75) is 64.5 Å². The molecule has 4 nitrogen and oxygen atoms in total. The van der Waals surface area contributed by atoms with Gasteiger partial charge in [-0.15, -0.1) is 0 Å². The van der Waals surface area contributed by atoms with Gasteiger partial charge in [0.2, 0.25) is 0 Å². The first-order valence-corrected chi connectivity index (χ1v) is 8.35. The van der Waals surface area contributed by atoms with Crippen LogP contribution in [0.4, 0.5) is 0 Å². The standard InChI is InChI=1S/C16H30N2O2/c1-3-5-13(2)12-20-16(19)15-6-4-11-18(15)14-7-9-17-10-8-14/h13-15,17H,3-12H2,1-2H3. The fourth-order valence-corrected chi connectivity index (χ4v) is 3.51. The summed E-state index contributed by atoms with van der Waals surface area (Å²) in [6, 6.07) is 0.594. The molecular formula is C16H30N2O2. The highest BCUT2D eigenvalue weighted by Gasteiger charge is 2.36. The summed E-state index contributed by atoms with van der Waals surface area (Å²) in [4.78, 5) is 14.7. The minimum absolute atomic E-state index is 0.0176. The topological polar surface area (TPSA) is 41.6 Å². The van der Waals surface area contributed by atoms with Gasteiger partial charge in [0.25, 0.3) is 0 Å². The van der Waals surface area contributed by atoms with Crippen LogP contribution in [0.5, 0.6) is 0 Å². The zero-order valence-corrected chi connectivity index (χ0v) is 13.1. The minimum atomic E-state index is 0.0176. The molecular weight excluding hydrogens is 252 g/mol. The third kappa shape index (κ3) is 4.19. The van der Waals surface area contributed by atoms with Crippen molar-refractivity contribution < 1.29 is 9.53 Å². The number of hydrogen-bond acceptors (Lipinski definition) is 4. The van der Waals surface area contributed by atoms with Gasteiger partial charge in [-0.1, -0.05) is 20.3 Å². The van der Waals surface area contributed by atoms with Crippen molar-refractivity contribution in [2.75, 3.05) is 26.2 Å². The van der Waals surface area contributed by atoms with Gasteiger partial charge in [-0.05, 0) is 57.7 Å². The van der Waals surface area contributed by atoms with Crippen LogP contribution in [-0.2, 0) is 9.53 Å². The largest absolute Gasteiger partial charge is 0.464 e. The molecule has 0 bridgehead atoms. The zero-order chi connectivity index (χ0) is 14.4. The number of piperidine rings is 1. The van der Waals surface area contributed by atoms with E-state index in [1.807, 2.05) is 0 Å². The summed E-state index contributed by atoms with van der Waals surface area (Å²) in [7, 11) is 0. The van der Waals surface area contributed by atoms with E-state index in [4.69, 9.17) is 4.74 Å². The maximum atomic E-state index is 12.3. The lowest BCUT2D eigenvalue weighted by atomic mass is 10.0. The van der Waals surface area contributed by atoms with E-state index in [1.165, 1.54) is 0 Å². The van der Waals surface area contributed by atoms with Gasteiger partial charge in [-0.25, -0.2) is 0 Å². The molecule has 0 radical (unpaired) electrons. The Bertz CT molecular complexity index is 303. The van der Waals surface area contributed by atoms with Gasteiger partial charge in [0.15, 0.2) is 0 Å². The first kappa shape index (κ1) is 15.8. The monoisotopic (exact) mass is 282 g/mol. The molecule has 0 aromatic heterocycles. The Kier molecular flexibility index (Phi) is 6.30. The smallest absolute Gasteiger partial charge is 0.323 e. The Balaban J connectivity index is 1.81. The molecule has 2 rings (SSSR count). The summed E-state index contributed by atoms with van der Waals surface area (Å²) in [6.07, 6.45) is 6.73. The predicted octanol–water partition coefficient (Wildman–Crippen LogP) is 2.18. The Labute approximate surface area is 123 Å². The number of carbonyl (C=O) groups excluding carboxylic acids is 1. The fraction of sp³-hybridized carbons (Fsp3) is 0.938. The Morgan fingerprint density at radius 2 is 2.10 bits per heavy atom. The molecule has 2 saturated heterocycles. The van der Waals surface area contributed by atoms with Crippen molar-refractivity contribution in [1.29, 1.82) is 0 Å². The minimum Gasteiger partial charge on any atom is -0.464 e. The van der Waals surface area contributed by atoms with E-state index < -0.39 is 0 Å². The van der Waals surface area contributed by atoms with Crippen molar-refractivity contribution in [1.82, 2.24) is 10.2 Å². The molecule has 2 heterocycles. The molecule has 20 heavy (non-hydrogen) atoms. The second-order valence-electron chi connectivity index (χ2n) is 6.40. The molecule has 0 aliphatic carbocycles. The number of hydrogen-bond donors (Lipinski definition) is 1. The maximum Gasteiger partial charge on any atom is 0.323 e. The number of esters is 1. The second-order valence-corrected chi connectivity index (χ2v) is 6.40. The molecule has 0 aromatic carbocycles. The van der Waals surface area contributed by atoms with Crippen LogP contribution in [0.25, 0.3) is 0 Å². The summed E-state index contributed by atoms with van der Waals surface area (Å²) in [5, 5.41) is 3.39. The molecule has 2 aliphatic rings. The maximum absolute atomic E-state index is 12.3. The van der Waals surface area contributed by atoms with Gasteiger partial charge in [0.05, 0.1) is 6.61 Å². The van der Waals surface area contributed by atoms with Crippen LogP contribution in [0.3, 0.4) is 0 Å². The average molecular weight is 282 g/mol. The molecule has 1 N–H and O–H groups in total. The van der Waals surface area contributed by atoms with Crippen molar-refractivity contribution >= 4 is 5.97 Å². The number of carbonyl (C=O) groups is 1. The third-order valence-electron chi connectivity index (χ3n) is 4.64. The third-order valence-corrected chi connectivity index (χ3v) is 4.64. The summed E-state index contributed by atoms with van der Waals surface area (Å²) < 4.78 is 5.57. The summed E-state index contributed by atoms with van der Waals surface area (Å²) in [6.45, 7) is 8.15. The fourth-order valence-electron chi connectivity index (χ4n) is 3.51. The average Bonchev–Trinajstić information content (AvgIpc) is 2.95. The van der Waals surface area contributed by atoms with Crippen LogP contribution < -0.4 is 5.32 Å². The highest BCUT2D eigenvalue weighted by atomic mass is 16.5. The molecule has 2 fully saturated rings. The van der Waals surface area contributed by atoms with E-state index >= 15 is 0 Å². The lowest BCUT2D eigenvalue weighted by Crippen LogP contribution is -2.48. The van der Waals surface area contributed by atoms with Gasteiger partial charge in [0.1, 0.15) is 6.04 Å². The van der Waals surface area contributed by atoms with E-state index in [2.05, 4.69) is 24.1 Å². The summed E-state index contributed by atoms with van der Waals surface area (Å²) >= 11 is 0. The van der Waals surface area contributed by atoms with Crippen molar-refractivity contribution in [3.8, 4) is 0 Å². The SMILES string of the molecule is CCCC(C)COC(=O)C1CCCN1C1CCNCC1. The Morgan fingerprint density at radius 3 is 2.80 bits per heavy atom. The normalized spacial score (nSPS) is 26.6. The van der Waals surface area contributed by atoms with Gasteiger partial charge in [0, 0.05) is 6.04 Å². The lowest BCUT2D eigenvalue weighted by molar-refractivity contribution is -0.151. The molecule has 2 unspecified atom stereocenters. The predicted molar refractivity (Wildman–Crippen MR) is 80.7 cm³/mol. The number of ether oxygens (including phenoxy) is 1. The molecule has 4 heteroatoms. The second kappa shape index (κ2) is 7.99. The molecule has 0 amide bonds. The Hall–Kier alpha value is -0.610. The van der Waals surface area contributed by atoms with Crippen LogP contribution in [0, 0.1) is 5.92 Å². The van der Waals surface area contributed by atoms with Gasteiger partial charge < -0.3 is 10.1 Å². The quantitative estimate of drug-likeness (QED) is 0.758. The summed E-state index contributed by atoms with van der Waals surface area (Å²) in [5.41, 5.74) is 0. The van der Waals surface area contributed by atoms with Crippen LogP contribution in [-0.4, -0.2) is 49.2 Å². The van der Waals surface area contributed by atoms with E-state index in [1.54, 1.807) is 0 Å². The van der Waals surface area contributed by atoms with Gasteiger partial charge >= 0.3 is 5.97 Å². The highest BCUT2D eigenvalue weighted by Crippen LogP contribution is 2.25. The molecule has 2 aliphatic heterocycles. The van der Waals surface area contributed by atoms with Crippen LogP contribution >= 0.6 is 0 Å². The summed E-state index contributed by atoms with van der Waals surface area (Å²) in [5.74, 6) is 0.502. The van der Waals surface area contributed by atoms with E-state index in [9.17, 15) is 4.79 Å². The van der Waals surface area contributed by atoms with Crippen LogP contribution in [0.2, 0.25) is 0 Å². The molecule has 0 aromatic rings. The van der Waals surface area contributed by atoms with Crippen molar-refractivity contribution in [3.05, 3.63) is 0 Å². The highest BCUT2D eigenvalue weighted by molar-refractivity contribution is 5.76. The lowest BCUT2D eigenvalue weighted by Gasteiger charge is -2.34. The number of nitrogens with one attached hydrogen (secondary N) is 1. The van der Waals surface area contributed by atoms with E-state index in [-0.39, 0.29) is 12.0 Å². The van der Waals surface area contributed by atoms with E-state index in [0.717, 1.165) is 58.2 Å². The van der Waals surface area contributed by atoms with E-state index in [0.29, 0.717) is 18.6 Å². The van der Waals surface area contributed by atoms with Crippen molar-refractivity contribution in [2.24, 2.45) is 5.92 Å². The number of likely N-dealkylation sites (tertiary alicyclic amines) is 1. The molecule has 2 atom stereocenters. The van der Waals surface area contributed by atoms with Gasteiger partial charge in [-0.3, -0.25) is 9.69 Å². The first-order chi connectivity index (χ1) is 9.72. The molecule has 0 saturated carbocycles. The Morgan fingerprint density at radius 1 is 1.35 bits per heavy atom. The van der Waals surface area contributed by atoms with Crippen LogP contribution in [0.1, 0.15) is 52.4 Å². The number of rotatable bonds is 6. The van der Waals surface area contributed by atoms with Crippen molar-refractivity contribution in [3.63, 3.8) is 0 Å². The number of nitrogens with zero attached hydrogens (tertiary/aromatic N) is 1. The van der Waals surface area contributed by atoms with Gasteiger partial charge in [-0.2, -0.15) is 0 Å². The zero-order valence-electron chi connectivity index (χ0n) is 13.1.